The van der Waals surface area contributed by atoms with Crippen molar-refractivity contribution in [1.82, 2.24) is 0 Å². The molecule has 0 N–H and O–H groups in total. The average Bonchev–Trinajstić information content (AvgIpc) is 2.73. The highest BCUT2D eigenvalue weighted by Gasteiger charge is 2.21. The SMILES string of the molecule is CC1CCCC(CN=O)CCCCCCCCCCCCOC(C(C)C)C(C)CCC1. The van der Waals surface area contributed by atoms with E-state index in [2.05, 4.69) is 32.9 Å². The van der Waals surface area contributed by atoms with Gasteiger partial charge in [0.1, 0.15) is 0 Å². The van der Waals surface area contributed by atoms with Crippen LogP contribution < -0.4 is 0 Å². The topological polar surface area (TPSA) is 38.7 Å². The smallest absolute Gasteiger partial charge is 0.0839 e. The lowest BCUT2D eigenvalue weighted by Crippen LogP contribution is -2.28. The van der Waals surface area contributed by atoms with Gasteiger partial charge in [0.05, 0.1) is 12.6 Å². The Morgan fingerprint density at radius 2 is 1.23 bits per heavy atom. The van der Waals surface area contributed by atoms with E-state index in [4.69, 9.17) is 4.74 Å². The van der Waals surface area contributed by atoms with Crippen molar-refractivity contribution in [2.75, 3.05) is 13.2 Å². The van der Waals surface area contributed by atoms with Gasteiger partial charge >= 0.3 is 0 Å². The van der Waals surface area contributed by atoms with Crippen molar-refractivity contribution in [3.05, 3.63) is 4.91 Å². The highest BCUT2D eigenvalue weighted by Crippen LogP contribution is 2.26. The van der Waals surface area contributed by atoms with E-state index in [-0.39, 0.29) is 0 Å². The van der Waals surface area contributed by atoms with Crippen LogP contribution in [-0.2, 0) is 4.74 Å². The van der Waals surface area contributed by atoms with Crippen LogP contribution in [0.5, 0.6) is 0 Å². The van der Waals surface area contributed by atoms with Crippen molar-refractivity contribution >= 4 is 0 Å². The normalized spacial score (nSPS) is 30.6. The van der Waals surface area contributed by atoms with Crippen molar-refractivity contribution < 1.29 is 4.74 Å². The summed E-state index contributed by atoms with van der Waals surface area (Å²) in [6.07, 6.45) is 22.7. The predicted molar refractivity (Wildman–Crippen MR) is 136 cm³/mol. The Labute approximate surface area is 194 Å². The third-order valence-corrected chi connectivity index (χ3v) is 7.53. The molecule has 1 fully saturated rings. The monoisotopic (exact) mass is 437 g/mol. The van der Waals surface area contributed by atoms with Gasteiger partial charge in [0.2, 0.25) is 0 Å². The van der Waals surface area contributed by atoms with Crippen LogP contribution in [0, 0.1) is 28.6 Å². The molecular weight excluding hydrogens is 382 g/mol. The van der Waals surface area contributed by atoms with Gasteiger partial charge < -0.3 is 4.74 Å². The van der Waals surface area contributed by atoms with Gasteiger partial charge in [0, 0.05) is 6.61 Å². The minimum absolute atomic E-state index is 0.411. The fourth-order valence-corrected chi connectivity index (χ4v) is 5.47. The van der Waals surface area contributed by atoms with E-state index in [1.807, 2.05) is 0 Å². The number of hydrogen-bond acceptors (Lipinski definition) is 3. The van der Waals surface area contributed by atoms with Gasteiger partial charge in [-0.15, -0.1) is 0 Å². The maximum atomic E-state index is 10.8. The first kappa shape index (κ1) is 28.6. The molecule has 1 heterocycles. The van der Waals surface area contributed by atoms with Crippen LogP contribution in [0.4, 0.5) is 0 Å². The molecule has 1 saturated heterocycles. The van der Waals surface area contributed by atoms with Crippen LogP contribution in [0.15, 0.2) is 5.18 Å². The van der Waals surface area contributed by atoms with Gasteiger partial charge in [-0.3, -0.25) is 0 Å². The molecule has 1 aliphatic heterocycles. The number of rotatable bonds is 3. The van der Waals surface area contributed by atoms with Crippen molar-refractivity contribution in [2.24, 2.45) is 28.8 Å². The second-order valence-electron chi connectivity index (χ2n) is 11.0. The van der Waals surface area contributed by atoms with Gasteiger partial charge in [-0.2, -0.15) is 4.91 Å². The second kappa shape index (κ2) is 19.1. The van der Waals surface area contributed by atoms with Gasteiger partial charge in [-0.05, 0) is 49.4 Å². The number of nitrogens with zero attached hydrogens (tertiary/aromatic N) is 1. The summed E-state index contributed by atoms with van der Waals surface area (Å²) in [5.74, 6) is 2.56. The Morgan fingerprint density at radius 3 is 1.81 bits per heavy atom. The molecule has 0 aliphatic carbocycles. The van der Waals surface area contributed by atoms with Gasteiger partial charge in [0.25, 0.3) is 0 Å². The van der Waals surface area contributed by atoms with Gasteiger partial charge in [-0.25, -0.2) is 0 Å². The maximum absolute atomic E-state index is 10.8. The van der Waals surface area contributed by atoms with Crippen LogP contribution >= 0.6 is 0 Å². The summed E-state index contributed by atoms with van der Waals surface area (Å²) in [6.45, 7) is 10.9. The minimum Gasteiger partial charge on any atom is -0.378 e. The molecule has 0 amide bonds. The van der Waals surface area contributed by atoms with E-state index in [1.54, 1.807) is 0 Å². The third-order valence-electron chi connectivity index (χ3n) is 7.53. The van der Waals surface area contributed by atoms with E-state index >= 15 is 0 Å². The highest BCUT2D eigenvalue weighted by molar-refractivity contribution is 4.71. The largest absolute Gasteiger partial charge is 0.378 e. The zero-order valence-electron chi connectivity index (χ0n) is 21.6. The Hall–Kier alpha value is -0.440. The quantitative estimate of drug-likeness (QED) is 0.412. The van der Waals surface area contributed by atoms with Crippen molar-refractivity contribution in [1.29, 1.82) is 0 Å². The second-order valence-corrected chi connectivity index (χ2v) is 11.0. The lowest BCUT2D eigenvalue weighted by atomic mass is 9.87. The molecule has 4 unspecified atom stereocenters. The van der Waals surface area contributed by atoms with Crippen LogP contribution in [0.1, 0.15) is 137 Å². The maximum Gasteiger partial charge on any atom is 0.0839 e. The molecule has 0 spiro atoms. The Morgan fingerprint density at radius 1 is 0.710 bits per heavy atom. The summed E-state index contributed by atoms with van der Waals surface area (Å²) in [5, 5.41) is 3.24. The first-order valence-electron chi connectivity index (χ1n) is 13.9. The summed E-state index contributed by atoms with van der Waals surface area (Å²) in [6, 6.07) is 0. The molecule has 3 nitrogen and oxygen atoms in total. The first-order valence-corrected chi connectivity index (χ1v) is 13.9. The molecule has 31 heavy (non-hydrogen) atoms. The Bertz CT molecular complexity index is 412. The Kier molecular flexibility index (Phi) is 17.6. The first-order chi connectivity index (χ1) is 15.0. The fraction of sp³-hybridized carbons (Fsp3) is 1.00. The number of nitroso groups, excluding NO2 is 1. The number of hydrogen-bond donors (Lipinski definition) is 0. The molecule has 0 bridgehead atoms. The average molecular weight is 438 g/mol. The summed E-state index contributed by atoms with van der Waals surface area (Å²) >= 11 is 0. The van der Waals surface area contributed by atoms with Gasteiger partial charge in [-0.1, -0.05) is 116 Å². The molecule has 0 saturated carbocycles. The van der Waals surface area contributed by atoms with E-state index in [9.17, 15) is 4.91 Å². The molecule has 0 radical (unpaired) electrons. The molecule has 0 aromatic carbocycles. The van der Waals surface area contributed by atoms with Crippen molar-refractivity contribution in [2.45, 2.75) is 143 Å². The Balaban J connectivity index is 2.48. The van der Waals surface area contributed by atoms with Crippen LogP contribution in [-0.4, -0.2) is 19.3 Å². The summed E-state index contributed by atoms with van der Waals surface area (Å²) in [7, 11) is 0. The van der Waals surface area contributed by atoms with E-state index in [0.717, 1.165) is 12.5 Å². The summed E-state index contributed by atoms with van der Waals surface area (Å²) in [4.78, 5) is 10.8. The fourth-order valence-electron chi connectivity index (χ4n) is 5.47. The van der Waals surface area contributed by atoms with Crippen molar-refractivity contribution in [3.8, 4) is 0 Å². The summed E-state index contributed by atoms with van der Waals surface area (Å²) in [5.41, 5.74) is 0. The van der Waals surface area contributed by atoms with E-state index in [1.165, 1.54) is 109 Å². The van der Waals surface area contributed by atoms with E-state index in [0.29, 0.717) is 30.4 Å². The van der Waals surface area contributed by atoms with Crippen LogP contribution in [0.25, 0.3) is 0 Å². The molecule has 3 heteroatoms. The highest BCUT2D eigenvalue weighted by atomic mass is 16.5. The predicted octanol–water partition coefficient (Wildman–Crippen LogP) is 9.33. The standard InChI is InChI=1S/C28H55NO2/c1-24(2)28-26(4)19-15-17-25(3)18-16-21-27(23-29-30)20-13-11-9-7-5-6-8-10-12-14-22-31-28/h24-28H,5-23H2,1-4H3. The van der Waals surface area contributed by atoms with Crippen LogP contribution in [0.3, 0.4) is 0 Å². The molecule has 4 atom stereocenters. The minimum atomic E-state index is 0.411. The van der Waals surface area contributed by atoms with Crippen molar-refractivity contribution in [3.63, 3.8) is 0 Å². The number of ether oxygens (including phenoxy) is 1. The lowest BCUT2D eigenvalue weighted by molar-refractivity contribution is -0.0174. The molecular formula is C28H55NO2. The molecule has 184 valence electrons. The van der Waals surface area contributed by atoms with Gasteiger partial charge in [0.15, 0.2) is 0 Å². The molecule has 1 rings (SSSR count). The molecule has 0 aromatic rings. The summed E-state index contributed by atoms with van der Waals surface area (Å²) < 4.78 is 6.37. The third kappa shape index (κ3) is 15.1. The van der Waals surface area contributed by atoms with Crippen LogP contribution in [0.2, 0.25) is 0 Å². The lowest BCUT2D eigenvalue weighted by Gasteiger charge is -2.28. The zero-order valence-corrected chi connectivity index (χ0v) is 21.6. The van der Waals surface area contributed by atoms with E-state index < -0.39 is 0 Å². The molecule has 0 aromatic heterocycles. The molecule has 1 aliphatic rings. The zero-order chi connectivity index (χ0) is 22.7.